The first-order chi connectivity index (χ1) is 20.8. The highest BCUT2D eigenvalue weighted by atomic mass is 16.1. The molecule has 0 fully saturated rings. The van der Waals surface area contributed by atoms with Gasteiger partial charge in [0.05, 0.1) is 16.8 Å². The Morgan fingerprint density at radius 1 is 0.651 bits per heavy atom. The molecule has 1 aliphatic carbocycles. The predicted octanol–water partition coefficient (Wildman–Crippen LogP) is 8.56. The van der Waals surface area contributed by atoms with Crippen molar-refractivity contribution < 1.29 is 9.59 Å². The molecule has 6 rings (SSSR count). The number of pyridine rings is 1. The number of benzene rings is 4. The first-order valence-corrected chi connectivity index (χ1v) is 13.7. The zero-order chi connectivity index (χ0) is 30.1. The third-order valence-corrected chi connectivity index (χ3v) is 7.34. The van der Waals surface area contributed by atoms with Crippen molar-refractivity contribution >= 4 is 46.0 Å². The molecule has 8 heteroatoms. The van der Waals surface area contributed by atoms with Gasteiger partial charge in [-0.1, -0.05) is 71.8 Å². The summed E-state index contributed by atoms with van der Waals surface area (Å²) < 4.78 is 0. The monoisotopic (exact) mass is 562 g/mol. The maximum absolute atomic E-state index is 13.5. The summed E-state index contributed by atoms with van der Waals surface area (Å²) in [5.74, 6) is 0.214. The predicted molar refractivity (Wildman–Crippen MR) is 167 cm³/mol. The van der Waals surface area contributed by atoms with Crippen molar-refractivity contribution in [2.45, 2.75) is 20.8 Å². The SMILES string of the molecule is Cc1ccc(Nc2nc(Nc3ccc(C)cc3)c(N=Nc3cccc4c3C(=O)c3ccccc3C4=O)c(C)c2C#N)cc1. The molecule has 0 spiro atoms. The second-order valence-corrected chi connectivity index (χ2v) is 10.4. The highest BCUT2D eigenvalue weighted by Crippen LogP contribution is 2.39. The van der Waals surface area contributed by atoms with Crippen LogP contribution in [-0.2, 0) is 0 Å². The summed E-state index contributed by atoms with van der Waals surface area (Å²) in [4.78, 5) is 31.5. The topological polar surface area (TPSA) is 120 Å². The van der Waals surface area contributed by atoms with E-state index in [2.05, 4.69) is 26.9 Å². The maximum Gasteiger partial charge on any atom is 0.196 e. The van der Waals surface area contributed by atoms with Gasteiger partial charge in [-0.2, -0.15) is 5.26 Å². The van der Waals surface area contributed by atoms with E-state index in [1.807, 2.05) is 62.4 Å². The third kappa shape index (κ3) is 5.16. The van der Waals surface area contributed by atoms with Crippen molar-refractivity contribution in [3.63, 3.8) is 0 Å². The van der Waals surface area contributed by atoms with E-state index in [-0.39, 0.29) is 28.4 Å². The van der Waals surface area contributed by atoms with E-state index in [9.17, 15) is 14.9 Å². The summed E-state index contributed by atoms with van der Waals surface area (Å²) >= 11 is 0. The van der Waals surface area contributed by atoms with Gasteiger partial charge < -0.3 is 10.6 Å². The summed E-state index contributed by atoms with van der Waals surface area (Å²) in [6, 6.07) is 29.6. The Morgan fingerprint density at radius 2 is 1.21 bits per heavy atom. The number of aromatic nitrogens is 1. The normalized spacial score (nSPS) is 12.0. The molecular formula is C35H26N6O2. The molecule has 8 nitrogen and oxygen atoms in total. The number of fused-ring (bicyclic) bond motifs is 2. The highest BCUT2D eigenvalue weighted by Gasteiger charge is 2.31. The Hall–Kier alpha value is -5.94. The number of azo groups is 1. The fraction of sp³-hybridized carbons (Fsp3) is 0.0857. The number of aryl methyl sites for hydroxylation is 2. The van der Waals surface area contributed by atoms with Crippen LogP contribution in [0.1, 0.15) is 54.1 Å². The quantitative estimate of drug-likeness (QED) is 0.196. The number of nitrogens with one attached hydrogen (secondary N) is 2. The molecule has 0 saturated carbocycles. The Kier molecular flexibility index (Phi) is 7.06. The number of nitriles is 1. The molecule has 208 valence electrons. The lowest BCUT2D eigenvalue weighted by molar-refractivity contribution is 0.0979. The lowest BCUT2D eigenvalue weighted by Crippen LogP contribution is -2.20. The van der Waals surface area contributed by atoms with Crippen LogP contribution in [0.3, 0.4) is 0 Å². The van der Waals surface area contributed by atoms with Crippen LogP contribution in [0.4, 0.5) is 34.4 Å². The number of carbonyl (C=O) groups is 2. The second kappa shape index (κ2) is 11.1. The average molecular weight is 563 g/mol. The summed E-state index contributed by atoms with van der Waals surface area (Å²) in [6.07, 6.45) is 0. The van der Waals surface area contributed by atoms with Crippen LogP contribution in [0.2, 0.25) is 0 Å². The Balaban J connectivity index is 1.47. The number of ketones is 2. The van der Waals surface area contributed by atoms with Crippen LogP contribution in [0, 0.1) is 32.1 Å². The number of hydrogen-bond acceptors (Lipinski definition) is 8. The van der Waals surface area contributed by atoms with E-state index in [0.29, 0.717) is 39.6 Å². The summed E-state index contributed by atoms with van der Waals surface area (Å²) in [5.41, 5.74) is 6.39. The summed E-state index contributed by atoms with van der Waals surface area (Å²) in [5, 5.41) is 25.7. The molecule has 1 heterocycles. The molecule has 0 saturated heterocycles. The largest absolute Gasteiger partial charge is 0.339 e. The van der Waals surface area contributed by atoms with Crippen molar-refractivity contribution in [3.05, 3.63) is 136 Å². The van der Waals surface area contributed by atoms with E-state index in [4.69, 9.17) is 4.98 Å². The van der Waals surface area contributed by atoms with Gasteiger partial charge in [-0.15, -0.1) is 10.2 Å². The van der Waals surface area contributed by atoms with Crippen LogP contribution < -0.4 is 10.6 Å². The molecule has 0 radical (unpaired) electrons. The van der Waals surface area contributed by atoms with Crippen LogP contribution in [0.5, 0.6) is 0 Å². The molecule has 43 heavy (non-hydrogen) atoms. The molecule has 4 aromatic carbocycles. The molecule has 0 unspecified atom stereocenters. The molecule has 0 bridgehead atoms. The van der Waals surface area contributed by atoms with Crippen molar-refractivity contribution in [3.8, 4) is 6.07 Å². The molecule has 5 aromatic rings. The van der Waals surface area contributed by atoms with E-state index in [1.165, 1.54) is 0 Å². The summed E-state index contributed by atoms with van der Waals surface area (Å²) in [7, 11) is 0. The minimum absolute atomic E-state index is 0.201. The fourth-order valence-corrected chi connectivity index (χ4v) is 4.99. The third-order valence-electron chi connectivity index (χ3n) is 7.34. The fourth-order valence-electron chi connectivity index (χ4n) is 4.99. The number of carbonyl (C=O) groups excluding carboxylic acids is 2. The van der Waals surface area contributed by atoms with Crippen LogP contribution in [0.25, 0.3) is 0 Å². The number of anilines is 4. The van der Waals surface area contributed by atoms with Crippen LogP contribution in [0.15, 0.2) is 101 Å². The lowest BCUT2D eigenvalue weighted by Gasteiger charge is -2.18. The van der Waals surface area contributed by atoms with Gasteiger partial charge in [0.15, 0.2) is 23.2 Å². The lowest BCUT2D eigenvalue weighted by atomic mass is 9.83. The maximum atomic E-state index is 13.5. The Bertz CT molecular complexity index is 1990. The van der Waals surface area contributed by atoms with Gasteiger partial charge in [-0.25, -0.2) is 4.98 Å². The van der Waals surface area contributed by atoms with Crippen LogP contribution in [-0.4, -0.2) is 16.6 Å². The summed E-state index contributed by atoms with van der Waals surface area (Å²) in [6.45, 7) is 5.78. The Morgan fingerprint density at radius 3 is 1.81 bits per heavy atom. The number of nitrogens with zero attached hydrogens (tertiary/aromatic N) is 4. The van der Waals surface area contributed by atoms with Gasteiger partial charge in [0.1, 0.15) is 11.8 Å². The first-order valence-electron chi connectivity index (χ1n) is 13.7. The molecule has 1 aromatic heterocycles. The molecule has 1 aliphatic rings. The number of hydrogen-bond donors (Lipinski definition) is 2. The smallest absolute Gasteiger partial charge is 0.196 e. The van der Waals surface area contributed by atoms with Crippen molar-refractivity contribution in [2.24, 2.45) is 10.2 Å². The molecule has 0 amide bonds. The standard InChI is InChI=1S/C35H26N6O2/c1-20-11-15-23(16-12-20)37-34-28(19-36)22(3)31(35(39-34)38-24-17-13-21(2)14-18-24)41-40-29-10-6-9-27-30(29)33(43)26-8-5-4-7-25(26)32(27)42/h4-18H,1-3H3,(H2,37,38,39). The van der Waals surface area contributed by atoms with Gasteiger partial charge in [0.25, 0.3) is 0 Å². The molecule has 0 aliphatic heterocycles. The van der Waals surface area contributed by atoms with Crippen molar-refractivity contribution in [2.75, 3.05) is 10.6 Å². The highest BCUT2D eigenvalue weighted by molar-refractivity contribution is 6.29. The van der Waals surface area contributed by atoms with Gasteiger partial charge in [-0.05, 0) is 51.1 Å². The van der Waals surface area contributed by atoms with Gasteiger partial charge >= 0.3 is 0 Å². The first kappa shape index (κ1) is 27.2. The van der Waals surface area contributed by atoms with Crippen molar-refractivity contribution in [1.82, 2.24) is 4.98 Å². The molecular weight excluding hydrogens is 536 g/mol. The van der Waals surface area contributed by atoms with Crippen LogP contribution >= 0.6 is 0 Å². The van der Waals surface area contributed by atoms with Crippen molar-refractivity contribution in [1.29, 1.82) is 5.26 Å². The van der Waals surface area contributed by atoms with Gasteiger partial charge in [0, 0.05) is 33.6 Å². The number of rotatable bonds is 6. The van der Waals surface area contributed by atoms with E-state index >= 15 is 0 Å². The molecule has 0 atom stereocenters. The van der Waals surface area contributed by atoms with E-state index in [0.717, 1.165) is 22.5 Å². The van der Waals surface area contributed by atoms with E-state index < -0.39 is 0 Å². The average Bonchev–Trinajstić information content (AvgIpc) is 3.02. The minimum Gasteiger partial charge on any atom is -0.339 e. The molecule has 2 N–H and O–H groups in total. The van der Waals surface area contributed by atoms with Gasteiger partial charge in [-0.3, -0.25) is 9.59 Å². The van der Waals surface area contributed by atoms with Gasteiger partial charge in [0.2, 0.25) is 0 Å². The zero-order valence-electron chi connectivity index (χ0n) is 23.8. The second-order valence-electron chi connectivity index (χ2n) is 10.4. The van der Waals surface area contributed by atoms with E-state index in [1.54, 1.807) is 49.4 Å². The Labute approximate surface area is 248 Å². The zero-order valence-corrected chi connectivity index (χ0v) is 23.8. The minimum atomic E-state index is -0.289.